The molecule has 0 aliphatic carbocycles. The Hall–Kier alpha value is -1.88. The molecule has 11 heteroatoms. The van der Waals surface area contributed by atoms with Crippen molar-refractivity contribution in [1.29, 1.82) is 0 Å². The van der Waals surface area contributed by atoms with Crippen LogP contribution in [0.2, 0.25) is 0 Å². The normalized spacial score (nSPS) is 17.9. The molecule has 0 amide bonds. The van der Waals surface area contributed by atoms with E-state index in [-0.39, 0.29) is 19.1 Å². The zero-order valence-corrected chi connectivity index (χ0v) is 16.0. The Labute approximate surface area is 157 Å². The number of fused-ring (bicyclic) bond motifs is 1. The van der Waals surface area contributed by atoms with Crippen LogP contribution in [-0.2, 0) is 24.3 Å². The highest BCUT2D eigenvalue weighted by Crippen LogP contribution is 2.15. The van der Waals surface area contributed by atoms with Gasteiger partial charge in [-0.05, 0) is 20.4 Å². The number of halogens is 3. The molecular weight excluding hydrogens is 363 g/mol. The van der Waals surface area contributed by atoms with Crippen LogP contribution in [0.1, 0.15) is 25.0 Å². The van der Waals surface area contributed by atoms with Crippen molar-refractivity contribution in [3.8, 4) is 0 Å². The summed E-state index contributed by atoms with van der Waals surface area (Å²) < 4.78 is 44.0. The van der Waals surface area contributed by atoms with Gasteiger partial charge in [0, 0.05) is 32.7 Å². The summed E-state index contributed by atoms with van der Waals surface area (Å²) in [7, 11) is 3.05. The average Bonchev–Trinajstić information content (AvgIpc) is 2.95. The van der Waals surface area contributed by atoms with E-state index in [9.17, 15) is 13.2 Å². The molecule has 27 heavy (non-hydrogen) atoms. The van der Waals surface area contributed by atoms with Crippen LogP contribution >= 0.6 is 0 Å². The van der Waals surface area contributed by atoms with Gasteiger partial charge in [0.25, 0.3) is 0 Å². The third kappa shape index (κ3) is 7.33. The molecule has 1 aromatic heterocycles. The fraction of sp³-hybridized carbons (Fsp3) is 0.812. The van der Waals surface area contributed by atoms with Crippen LogP contribution in [0.4, 0.5) is 13.2 Å². The maximum atomic E-state index is 12.4. The van der Waals surface area contributed by atoms with Crippen molar-refractivity contribution in [3.63, 3.8) is 0 Å². The molecule has 1 aromatic rings. The Balaban J connectivity index is 1.87. The summed E-state index contributed by atoms with van der Waals surface area (Å²) in [6, 6.07) is 0.125. The van der Waals surface area contributed by atoms with Crippen LogP contribution in [-0.4, -0.2) is 78.2 Å². The smallest absolute Gasteiger partial charge is 0.377 e. The largest absolute Gasteiger partial charge is 0.401 e. The van der Waals surface area contributed by atoms with Gasteiger partial charge in [0.15, 0.2) is 11.8 Å². The Morgan fingerprint density at radius 3 is 2.89 bits per heavy atom. The molecule has 1 aliphatic rings. The number of hydrogen-bond acceptors (Lipinski definition) is 5. The van der Waals surface area contributed by atoms with E-state index < -0.39 is 12.7 Å². The summed E-state index contributed by atoms with van der Waals surface area (Å²) in [5, 5.41) is 10.9. The summed E-state index contributed by atoms with van der Waals surface area (Å²) in [4.78, 5) is 10.0. The van der Waals surface area contributed by atoms with Gasteiger partial charge in [-0.25, -0.2) is 9.67 Å². The molecule has 154 valence electrons. The third-order valence-electron chi connectivity index (χ3n) is 4.06. The van der Waals surface area contributed by atoms with E-state index in [0.717, 1.165) is 18.7 Å². The number of alkyl halides is 3. The van der Waals surface area contributed by atoms with Crippen LogP contribution in [0, 0.1) is 0 Å². The fourth-order valence-electron chi connectivity index (χ4n) is 2.90. The summed E-state index contributed by atoms with van der Waals surface area (Å²) in [6.07, 6.45) is -2.52. The van der Waals surface area contributed by atoms with Crippen LogP contribution in [0.15, 0.2) is 4.99 Å². The molecule has 1 unspecified atom stereocenters. The minimum absolute atomic E-state index is 0.125. The topological polar surface area (TPSA) is 79.6 Å². The van der Waals surface area contributed by atoms with Crippen molar-refractivity contribution in [2.45, 2.75) is 45.1 Å². The van der Waals surface area contributed by atoms with Gasteiger partial charge in [-0.2, -0.15) is 18.3 Å². The molecule has 2 N–H and O–H groups in total. The van der Waals surface area contributed by atoms with E-state index in [4.69, 9.17) is 4.74 Å². The second-order valence-corrected chi connectivity index (χ2v) is 6.55. The first-order valence-corrected chi connectivity index (χ1v) is 9.02. The number of methoxy groups -OCH3 is 1. The number of nitrogens with zero attached hydrogens (tertiary/aromatic N) is 5. The highest BCUT2D eigenvalue weighted by molar-refractivity contribution is 5.80. The van der Waals surface area contributed by atoms with Gasteiger partial charge in [0.05, 0.1) is 19.6 Å². The lowest BCUT2D eigenvalue weighted by molar-refractivity contribution is -0.142. The van der Waals surface area contributed by atoms with E-state index in [2.05, 4.69) is 25.7 Å². The quantitative estimate of drug-likeness (QED) is 0.504. The Morgan fingerprint density at radius 1 is 1.44 bits per heavy atom. The molecule has 0 fully saturated rings. The van der Waals surface area contributed by atoms with Crippen molar-refractivity contribution in [2.75, 3.05) is 40.3 Å². The Morgan fingerprint density at radius 2 is 2.22 bits per heavy atom. The molecular formula is C16H28F3N7O. The first-order chi connectivity index (χ1) is 12.8. The minimum Gasteiger partial charge on any atom is -0.377 e. The lowest BCUT2D eigenvalue weighted by Gasteiger charge is -2.25. The zero-order chi connectivity index (χ0) is 19.9. The van der Waals surface area contributed by atoms with Crippen molar-refractivity contribution in [1.82, 2.24) is 30.3 Å². The summed E-state index contributed by atoms with van der Waals surface area (Å²) in [5.74, 6) is 2.21. The number of guanidine groups is 1. The van der Waals surface area contributed by atoms with Crippen LogP contribution in [0.3, 0.4) is 0 Å². The fourth-order valence-corrected chi connectivity index (χ4v) is 2.90. The van der Waals surface area contributed by atoms with Gasteiger partial charge in [-0.3, -0.25) is 9.89 Å². The van der Waals surface area contributed by atoms with Gasteiger partial charge < -0.3 is 15.4 Å². The van der Waals surface area contributed by atoms with E-state index >= 15 is 0 Å². The van der Waals surface area contributed by atoms with E-state index in [0.29, 0.717) is 31.5 Å². The van der Waals surface area contributed by atoms with Gasteiger partial charge in [0.1, 0.15) is 12.4 Å². The SMILES string of the molecule is CCNC(=NCCN(C)CC(F)(F)F)NC1CCc2nc(COC)nn2C1. The average molecular weight is 391 g/mol. The lowest BCUT2D eigenvalue weighted by atomic mass is 10.1. The molecule has 1 atom stereocenters. The first-order valence-electron chi connectivity index (χ1n) is 9.02. The van der Waals surface area contributed by atoms with Crippen LogP contribution in [0.5, 0.6) is 0 Å². The molecule has 0 radical (unpaired) electrons. The number of likely N-dealkylation sites (N-methyl/N-ethyl adjacent to an activating group) is 1. The summed E-state index contributed by atoms with van der Waals surface area (Å²) >= 11 is 0. The van der Waals surface area contributed by atoms with Crippen LogP contribution in [0.25, 0.3) is 0 Å². The summed E-state index contributed by atoms with van der Waals surface area (Å²) in [5.41, 5.74) is 0. The van der Waals surface area contributed by atoms with Gasteiger partial charge in [0.2, 0.25) is 0 Å². The molecule has 0 saturated carbocycles. The highest BCUT2D eigenvalue weighted by Gasteiger charge is 2.28. The number of aryl methyl sites for hydroxylation is 1. The molecule has 0 saturated heterocycles. The van der Waals surface area contributed by atoms with E-state index in [1.165, 1.54) is 11.9 Å². The minimum atomic E-state index is -4.19. The molecule has 2 rings (SSSR count). The predicted molar refractivity (Wildman–Crippen MR) is 95.5 cm³/mol. The zero-order valence-electron chi connectivity index (χ0n) is 16.0. The number of ether oxygens (including phenoxy) is 1. The van der Waals surface area contributed by atoms with Crippen molar-refractivity contribution in [3.05, 3.63) is 11.6 Å². The second-order valence-electron chi connectivity index (χ2n) is 6.55. The van der Waals surface area contributed by atoms with E-state index in [1.54, 1.807) is 7.11 Å². The molecule has 0 spiro atoms. The van der Waals surface area contributed by atoms with Crippen LogP contribution < -0.4 is 10.6 Å². The van der Waals surface area contributed by atoms with E-state index in [1.807, 2.05) is 11.6 Å². The molecule has 1 aliphatic heterocycles. The first kappa shape index (κ1) is 21.4. The highest BCUT2D eigenvalue weighted by atomic mass is 19.4. The molecule has 0 bridgehead atoms. The summed E-state index contributed by atoms with van der Waals surface area (Å²) in [6.45, 7) is 3.23. The molecule has 0 aromatic carbocycles. The monoisotopic (exact) mass is 391 g/mol. The molecule has 8 nitrogen and oxygen atoms in total. The second kappa shape index (κ2) is 9.88. The van der Waals surface area contributed by atoms with Crippen molar-refractivity contribution >= 4 is 5.96 Å². The van der Waals surface area contributed by atoms with Gasteiger partial charge in [-0.15, -0.1) is 0 Å². The standard InChI is InChI=1S/C16H28F3N7O/c1-4-20-15(21-7-8-25(2)11-16(17,18)19)22-12-5-6-14-23-13(10-27-3)24-26(14)9-12/h12H,4-11H2,1-3H3,(H2,20,21,22). The maximum Gasteiger partial charge on any atom is 0.401 e. The maximum absolute atomic E-state index is 12.4. The molecule has 2 heterocycles. The number of rotatable bonds is 8. The van der Waals surface area contributed by atoms with Gasteiger partial charge in [-0.1, -0.05) is 0 Å². The van der Waals surface area contributed by atoms with Gasteiger partial charge >= 0.3 is 6.18 Å². The Bertz CT molecular complexity index is 618. The lowest BCUT2D eigenvalue weighted by Crippen LogP contribution is -2.47. The number of nitrogens with one attached hydrogen (secondary N) is 2. The van der Waals surface area contributed by atoms with Crippen molar-refractivity contribution < 1.29 is 17.9 Å². The van der Waals surface area contributed by atoms with Crippen molar-refractivity contribution in [2.24, 2.45) is 4.99 Å². The third-order valence-corrected chi connectivity index (χ3v) is 4.06. The predicted octanol–water partition coefficient (Wildman–Crippen LogP) is 0.789. The Kier molecular flexibility index (Phi) is 7.84. The number of hydrogen-bond donors (Lipinski definition) is 2. The number of aromatic nitrogens is 3. The number of aliphatic imine (C=N–C) groups is 1.